The van der Waals surface area contributed by atoms with Gasteiger partial charge in [0.1, 0.15) is 17.7 Å². The van der Waals surface area contributed by atoms with E-state index in [2.05, 4.69) is 34.7 Å². The Bertz CT molecular complexity index is 1110. The lowest BCUT2D eigenvalue weighted by Crippen LogP contribution is -2.43. The number of hydrogen-bond acceptors (Lipinski definition) is 4. The molecule has 33 heavy (non-hydrogen) atoms. The second-order valence-electron chi connectivity index (χ2n) is 8.54. The molecule has 0 saturated heterocycles. The van der Waals surface area contributed by atoms with Crippen LogP contribution in [0.25, 0.3) is 0 Å². The summed E-state index contributed by atoms with van der Waals surface area (Å²) >= 11 is 0. The smallest absolute Gasteiger partial charge is 0.254 e. The number of carbonyl (C=O) groups excluding carboxylic acids is 2. The van der Waals surface area contributed by atoms with Crippen LogP contribution < -0.4 is 10.6 Å². The van der Waals surface area contributed by atoms with Crippen molar-refractivity contribution in [2.75, 3.05) is 5.32 Å². The standard InChI is InChI=1S/C24H26F2N4O3/c1-14(27-23(33)21(31)16-9-17(25)11-18(26)10-16)22(32)28-20-12-19(29-30-20)24(2,3)13-15-7-5-4-6-8-15/h4-12,14,21,31H,13H2,1-3H3,(H,27,33)(H2,28,29,30,32). The predicted octanol–water partition coefficient (Wildman–Crippen LogP) is 3.39. The topological polar surface area (TPSA) is 107 Å². The molecule has 4 N–H and O–H groups in total. The van der Waals surface area contributed by atoms with E-state index < -0.39 is 35.6 Å². The Kier molecular flexibility index (Phi) is 7.23. The van der Waals surface area contributed by atoms with Gasteiger partial charge in [0.25, 0.3) is 5.91 Å². The second kappa shape index (κ2) is 9.91. The van der Waals surface area contributed by atoms with Crippen molar-refractivity contribution in [1.82, 2.24) is 15.5 Å². The number of nitrogens with zero attached hydrogens (tertiary/aromatic N) is 1. The Morgan fingerprint density at radius 1 is 1.06 bits per heavy atom. The highest BCUT2D eigenvalue weighted by Gasteiger charge is 2.26. The predicted molar refractivity (Wildman–Crippen MR) is 119 cm³/mol. The van der Waals surface area contributed by atoms with Crippen LogP contribution in [-0.2, 0) is 21.4 Å². The molecule has 2 aromatic carbocycles. The molecule has 0 spiro atoms. The summed E-state index contributed by atoms with van der Waals surface area (Å²) in [6.45, 7) is 5.52. The highest BCUT2D eigenvalue weighted by atomic mass is 19.1. The van der Waals surface area contributed by atoms with E-state index in [1.54, 1.807) is 6.07 Å². The van der Waals surface area contributed by atoms with Crippen LogP contribution in [0, 0.1) is 11.6 Å². The van der Waals surface area contributed by atoms with Crippen LogP contribution in [0.15, 0.2) is 54.6 Å². The van der Waals surface area contributed by atoms with Crippen LogP contribution in [0.3, 0.4) is 0 Å². The molecule has 0 radical (unpaired) electrons. The summed E-state index contributed by atoms with van der Waals surface area (Å²) in [5.74, 6) is -3.10. The number of carbonyl (C=O) groups is 2. The molecule has 0 aliphatic heterocycles. The lowest BCUT2D eigenvalue weighted by Gasteiger charge is -2.23. The summed E-state index contributed by atoms with van der Waals surface area (Å²) in [6.07, 6.45) is -1.07. The molecule has 7 nitrogen and oxygen atoms in total. The van der Waals surface area contributed by atoms with Gasteiger partial charge in [0.05, 0.1) is 0 Å². The Morgan fingerprint density at radius 2 is 1.70 bits per heavy atom. The van der Waals surface area contributed by atoms with Crippen molar-refractivity contribution in [3.05, 3.63) is 83.1 Å². The van der Waals surface area contributed by atoms with Gasteiger partial charge >= 0.3 is 0 Å². The molecular formula is C24H26F2N4O3. The summed E-state index contributed by atoms with van der Waals surface area (Å²) in [7, 11) is 0. The van der Waals surface area contributed by atoms with E-state index in [4.69, 9.17) is 0 Å². The molecule has 2 unspecified atom stereocenters. The van der Waals surface area contributed by atoms with Gasteiger partial charge in [-0.2, -0.15) is 5.10 Å². The molecule has 2 atom stereocenters. The van der Waals surface area contributed by atoms with Crippen LogP contribution in [0.2, 0.25) is 0 Å². The summed E-state index contributed by atoms with van der Waals surface area (Å²) in [4.78, 5) is 24.7. The lowest BCUT2D eigenvalue weighted by molar-refractivity contribution is -0.132. The maximum atomic E-state index is 13.3. The van der Waals surface area contributed by atoms with Crippen molar-refractivity contribution >= 4 is 17.6 Å². The summed E-state index contributed by atoms with van der Waals surface area (Å²) in [6, 6.07) is 13.0. The van der Waals surface area contributed by atoms with Gasteiger partial charge in [-0.25, -0.2) is 8.78 Å². The number of hydrogen-bond donors (Lipinski definition) is 4. The number of aliphatic hydroxyl groups is 1. The van der Waals surface area contributed by atoms with Gasteiger partial charge in [-0.05, 0) is 36.6 Å². The third kappa shape index (κ3) is 6.23. The van der Waals surface area contributed by atoms with Gasteiger partial charge in [0.15, 0.2) is 11.9 Å². The SMILES string of the molecule is CC(NC(=O)C(O)c1cc(F)cc(F)c1)C(=O)Nc1cc(C(C)(C)Cc2ccccc2)[nH]n1. The maximum absolute atomic E-state index is 13.3. The largest absolute Gasteiger partial charge is 0.378 e. The van der Waals surface area contributed by atoms with Gasteiger partial charge in [0.2, 0.25) is 5.91 Å². The third-order valence-electron chi connectivity index (χ3n) is 5.25. The first kappa shape index (κ1) is 24.1. The zero-order chi connectivity index (χ0) is 24.2. The molecule has 0 aliphatic carbocycles. The number of aliphatic hydroxyl groups excluding tert-OH is 1. The zero-order valence-corrected chi connectivity index (χ0v) is 18.5. The van der Waals surface area contributed by atoms with Gasteiger partial charge in [-0.3, -0.25) is 14.7 Å². The molecule has 1 heterocycles. The molecule has 2 amide bonds. The van der Waals surface area contributed by atoms with Crippen molar-refractivity contribution in [1.29, 1.82) is 0 Å². The van der Waals surface area contributed by atoms with Gasteiger partial charge < -0.3 is 15.7 Å². The molecule has 0 fully saturated rings. The molecule has 3 aromatic rings. The van der Waals surface area contributed by atoms with Crippen LogP contribution in [-0.4, -0.2) is 33.2 Å². The first-order valence-corrected chi connectivity index (χ1v) is 10.4. The van der Waals surface area contributed by atoms with Gasteiger partial charge in [0, 0.05) is 23.2 Å². The molecular weight excluding hydrogens is 430 g/mol. The fraction of sp³-hybridized carbons (Fsp3) is 0.292. The maximum Gasteiger partial charge on any atom is 0.254 e. The first-order valence-electron chi connectivity index (χ1n) is 10.4. The van der Waals surface area contributed by atoms with Crippen molar-refractivity contribution in [3.63, 3.8) is 0 Å². The van der Waals surface area contributed by atoms with E-state index >= 15 is 0 Å². The monoisotopic (exact) mass is 456 g/mol. The Balaban J connectivity index is 1.59. The molecule has 174 valence electrons. The highest BCUT2D eigenvalue weighted by molar-refractivity contribution is 5.97. The van der Waals surface area contributed by atoms with Crippen molar-refractivity contribution in [3.8, 4) is 0 Å². The van der Waals surface area contributed by atoms with Crippen LogP contribution in [0.1, 0.15) is 43.7 Å². The van der Waals surface area contributed by atoms with E-state index in [-0.39, 0.29) is 16.8 Å². The zero-order valence-electron chi connectivity index (χ0n) is 18.5. The minimum absolute atomic E-state index is 0.254. The number of benzene rings is 2. The van der Waals surface area contributed by atoms with Gasteiger partial charge in [-0.15, -0.1) is 0 Å². The third-order valence-corrected chi connectivity index (χ3v) is 5.25. The fourth-order valence-electron chi connectivity index (χ4n) is 3.41. The normalized spacial score (nSPS) is 13.3. The summed E-state index contributed by atoms with van der Waals surface area (Å²) in [5.41, 5.74) is 1.45. The fourth-order valence-corrected chi connectivity index (χ4v) is 3.41. The van der Waals surface area contributed by atoms with Crippen LogP contribution >= 0.6 is 0 Å². The van der Waals surface area contributed by atoms with E-state index in [0.29, 0.717) is 6.07 Å². The van der Waals surface area contributed by atoms with Gasteiger partial charge in [-0.1, -0.05) is 44.2 Å². The van der Waals surface area contributed by atoms with Crippen molar-refractivity contribution in [2.24, 2.45) is 0 Å². The molecule has 9 heteroatoms. The number of nitrogens with one attached hydrogen (secondary N) is 3. The lowest BCUT2D eigenvalue weighted by atomic mass is 9.83. The molecule has 3 rings (SSSR count). The molecule has 1 aromatic heterocycles. The Hall–Kier alpha value is -3.59. The number of H-pyrrole nitrogens is 1. The quantitative estimate of drug-likeness (QED) is 0.417. The number of anilines is 1. The van der Waals surface area contributed by atoms with E-state index in [1.165, 1.54) is 6.92 Å². The van der Waals surface area contributed by atoms with Crippen LogP contribution in [0.4, 0.5) is 14.6 Å². The minimum atomic E-state index is -1.83. The van der Waals surface area contributed by atoms with E-state index in [0.717, 1.165) is 29.8 Å². The van der Waals surface area contributed by atoms with Crippen LogP contribution in [0.5, 0.6) is 0 Å². The Morgan fingerprint density at radius 3 is 2.33 bits per heavy atom. The number of rotatable bonds is 8. The van der Waals surface area contributed by atoms with E-state index in [1.807, 2.05) is 30.3 Å². The number of amides is 2. The molecule has 0 aliphatic rings. The van der Waals surface area contributed by atoms with Crippen molar-refractivity contribution < 1.29 is 23.5 Å². The van der Waals surface area contributed by atoms with Crippen molar-refractivity contribution in [2.45, 2.75) is 44.8 Å². The number of aromatic amines is 1. The number of halogens is 2. The first-order chi connectivity index (χ1) is 15.5. The molecule has 0 bridgehead atoms. The highest BCUT2D eigenvalue weighted by Crippen LogP contribution is 2.27. The second-order valence-corrected chi connectivity index (χ2v) is 8.54. The average molecular weight is 456 g/mol. The summed E-state index contributed by atoms with van der Waals surface area (Å²) in [5, 5.41) is 22.1. The average Bonchev–Trinajstić information content (AvgIpc) is 3.22. The number of aromatic nitrogens is 2. The van der Waals surface area contributed by atoms with E-state index in [9.17, 15) is 23.5 Å². The Labute approximate surface area is 190 Å². The summed E-state index contributed by atoms with van der Waals surface area (Å²) < 4.78 is 26.7. The molecule has 0 saturated carbocycles. The minimum Gasteiger partial charge on any atom is -0.378 e.